The summed E-state index contributed by atoms with van der Waals surface area (Å²) in [7, 11) is 0. The topological polar surface area (TPSA) is 53.4 Å². The second-order valence-electron chi connectivity index (χ2n) is 9.06. The highest BCUT2D eigenvalue weighted by Gasteiger charge is 2.25. The van der Waals surface area contributed by atoms with E-state index in [1.807, 2.05) is 4.90 Å². The fraction of sp³-hybridized carbons (Fsp3) is 0.818. The van der Waals surface area contributed by atoms with Crippen LogP contribution in [0.2, 0.25) is 0 Å². The van der Waals surface area contributed by atoms with Crippen LogP contribution >= 0.6 is 0 Å². The second-order valence-corrected chi connectivity index (χ2v) is 9.06. The summed E-state index contributed by atoms with van der Waals surface area (Å²) in [5.41, 5.74) is 0.996. The molecule has 1 aromatic rings. The quantitative estimate of drug-likeness (QED) is 0.842. The molecule has 3 aliphatic rings. The van der Waals surface area contributed by atoms with E-state index in [9.17, 15) is 4.79 Å². The number of carbonyl (C=O) groups is 1. The largest absolute Gasteiger partial charge is 0.335 e. The number of carbonyl (C=O) groups excluding carboxylic acids is 1. The minimum Gasteiger partial charge on any atom is -0.335 e. The van der Waals surface area contributed by atoms with Crippen LogP contribution < -0.4 is 5.32 Å². The van der Waals surface area contributed by atoms with E-state index in [-0.39, 0.29) is 6.03 Å². The molecule has 3 aliphatic heterocycles. The molecule has 1 aromatic heterocycles. The third-order valence-electron chi connectivity index (χ3n) is 7.05. The van der Waals surface area contributed by atoms with Gasteiger partial charge in [-0.1, -0.05) is 6.42 Å². The van der Waals surface area contributed by atoms with Crippen LogP contribution in [0.1, 0.15) is 69.8 Å². The zero-order valence-corrected chi connectivity index (χ0v) is 17.5. The first-order chi connectivity index (χ1) is 13.7. The molecular weight excluding hydrogens is 350 g/mol. The van der Waals surface area contributed by atoms with Gasteiger partial charge < -0.3 is 19.7 Å². The SMILES string of the molecule is CC1CCCCN1CCC1CCN(C(=O)NCc2cn3c(n2)CCCC3)CC1. The van der Waals surface area contributed by atoms with E-state index in [1.54, 1.807) is 0 Å². The number of rotatable bonds is 5. The van der Waals surface area contributed by atoms with Crippen LogP contribution in [0.25, 0.3) is 0 Å². The third-order valence-corrected chi connectivity index (χ3v) is 7.05. The lowest BCUT2D eigenvalue weighted by atomic mass is 9.92. The second kappa shape index (κ2) is 9.29. The molecule has 6 nitrogen and oxygen atoms in total. The van der Waals surface area contributed by atoms with Gasteiger partial charge in [0.25, 0.3) is 0 Å². The molecule has 0 saturated carbocycles. The minimum absolute atomic E-state index is 0.0778. The predicted octanol–water partition coefficient (Wildman–Crippen LogP) is 3.41. The summed E-state index contributed by atoms with van der Waals surface area (Å²) in [5.74, 6) is 1.96. The molecule has 1 N–H and O–H groups in total. The lowest BCUT2D eigenvalue weighted by Crippen LogP contribution is -2.45. The van der Waals surface area contributed by atoms with Crippen molar-refractivity contribution < 1.29 is 4.79 Å². The van der Waals surface area contributed by atoms with Crippen molar-refractivity contribution in [3.63, 3.8) is 0 Å². The Hall–Kier alpha value is -1.56. The first kappa shape index (κ1) is 19.7. The van der Waals surface area contributed by atoms with Crippen molar-refractivity contribution >= 4 is 6.03 Å². The van der Waals surface area contributed by atoms with E-state index in [2.05, 4.69) is 32.9 Å². The number of imidazole rings is 1. The van der Waals surface area contributed by atoms with Crippen LogP contribution in [0.15, 0.2) is 6.20 Å². The van der Waals surface area contributed by atoms with Crippen molar-refractivity contribution in [2.45, 2.75) is 83.8 Å². The Morgan fingerprint density at radius 1 is 1.11 bits per heavy atom. The molecule has 0 spiro atoms. The molecule has 2 amide bonds. The van der Waals surface area contributed by atoms with Gasteiger partial charge in [-0.15, -0.1) is 0 Å². The van der Waals surface area contributed by atoms with Crippen LogP contribution in [0.4, 0.5) is 4.79 Å². The Balaban J connectivity index is 1.16. The predicted molar refractivity (Wildman–Crippen MR) is 111 cm³/mol. The lowest BCUT2D eigenvalue weighted by Gasteiger charge is -2.36. The number of urea groups is 1. The molecule has 6 heteroatoms. The maximum atomic E-state index is 12.5. The van der Waals surface area contributed by atoms with E-state index < -0.39 is 0 Å². The zero-order valence-electron chi connectivity index (χ0n) is 17.5. The number of likely N-dealkylation sites (tertiary alicyclic amines) is 2. The molecular formula is C22H37N5O. The Bertz CT molecular complexity index is 626. The Morgan fingerprint density at radius 2 is 1.93 bits per heavy atom. The smallest absolute Gasteiger partial charge is 0.317 e. The number of nitrogens with one attached hydrogen (secondary N) is 1. The fourth-order valence-electron chi connectivity index (χ4n) is 5.10. The number of fused-ring (bicyclic) bond motifs is 1. The highest BCUT2D eigenvalue weighted by atomic mass is 16.2. The van der Waals surface area contributed by atoms with Crippen molar-refractivity contribution in [1.29, 1.82) is 0 Å². The van der Waals surface area contributed by atoms with E-state index in [4.69, 9.17) is 0 Å². The van der Waals surface area contributed by atoms with E-state index in [0.29, 0.717) is 6.54 Å². The summed E-state index contributed by atoms with van der Waals surface area (Å²) in [6.45, 7) is 8.30. The fourth-order valence-corrected chi connectivity index (χ4v) is 5.10. The molecule has 0 radical (unpaired) electrons. The van der Waals surface area contributed by atoms with Crippen molar-refractivity contribution in [3.05, 3.63) is 17.7 Å². The van der Waals surface area contributed by atoms with Gasteiger partial charge in [0.15, 0.2) is 0 Å². The highest BCUT2D eigenvalue weighted by molar-refractivity contribution is 5.74. The summed E-state index contributed by atoms with van der Waals surface area (Å²) < 4.78 is 2.25. The van der Waals surface area contributed by atoms with Gasteiger partial charge in [-0.25, -0.2) is 9.78 Å². The van der Waals surface area contributed by atoms with Crippen LogP contribution in [-0.4, -0.2) is 57.6 Å². The third kappa shape index (κ3) is 4.88. The van der Waals surface area contributed by atoms with Crippen LogP contribution in [0, 0.1) is 5.92 Å². The summed E-state index contributed by atoms with van der Waals surface area (Å²) in [4.78, 5) is 21.9. The maximum absolute atomic E-state index is 12.5. The van der Waals surface area contributed by atoms with Crippen LogP contribution in [0.3, 0.4) is 0 Å². The maximum Gasteiger partial charge on any atom is 0.317 e. The van der Waals surface area contributed by atoms with Gasteiger partial charge in [0.2, 0.25) is 0 Å². The Kier molecular flexibility index (Phi) is 6.55. The summed E-state index contributed by atoms with van der Waals surface area (Å²) in [6, 6.07) is 0.835. The molecule has 2 saturated heterocycles. The number of hydrogen-bond acceptors (Lipinski definition) is 3. The minimum atomic E-state index is 0.0778. The molecule has 28 heavy (non-hydrogen) atoms. The lowest BCUT2D eigenvalue weighted by molar-refractivity contribution is 0.132. The number of amides is 2. The van der Waals surface area contributed by atoms with Crippen molar-refractivity contribution in [2.24, 2.45) is 5.92 Å². The van der Waals surface area contributed by atoms with Gasteiger partial charge in [-0.3, -0.25) is 0 Å². The number of piperidine rings is 2. The summed E-state index contributed by atoms with van der Waals surface area (Å²) >= 11 is 0. The average Bonchev–Trinajstić information content (AvgIpc) is 3.15. The normalized spacial score (nSPS) is 24.2. The van der Waals surface area contributed by atoms with Crippen molar-refractivity contribution in [1.82, 2.24) is 24.7 Å². The van der Waals surface area contributed by atoms with Crippen molar-refractivity contribution in [2.75, 3.05) is 26.2 Å². The van der Waals surface area contributed by atoms with E-state index >= 15 is 0 Å². The van der Waals surface area contributed by atoms with Gasteiger partial charge >= 0.3 is 6.03 Å². The van der Waals surface area contributed by atoms with Gasteiger partial charge in [-0.2, -0.15) is 0 Å². The van der Waals surface area contributed by atoms with Crippen LogP contribution in [-0.2, 0) is 19.5 Å². The zero-order chi connectivity index (χ0) is 19.3. The molecule has 0 aromatic carbocycles. The molecule has 4 heterocycles. The van der Waals surface area contributed by atoms with Crippen molar-refractivity contribution in [3.8, 4) is 0 Å². The Morgan fingerprint density at radius 3 is 2.71 bits per heavy atom. The average molecular weight is 388 g/mol. The van der Waals surface area contributed by atoms with E-state index in [1.165, 1.54) is 57.4 Å². The number of aryl methyl sites for hydroxylation is 2. The van der Waals surface area contributed by atoms with E-state index in [0.717, 1.165) is 56.6 Å². The van der Waals surface area contributed by atoms with Gasteiger partial charge in [0, 0.05) is 38.3 Å². The molecule has 1 atom stereocenters. The number of nitrogens with zero attached hydrogens (tertiary/aromatic N) is 4. The molecule has 156 valence electrons. The molecule has 0 bridgehead atoms. The number of aromatic nitrogens is 2. The standard InChI is InChI=1S/C22H37N5O/c1-18-6-2-4-11-25(18)13-8-19-9-14-26(15-10-19)22(28)23-16-20-17-27-12-5-3-7-21(27)24-20/h17-19H,2-16H2,1H3,(H,23,28). The molecule has 1 unspecified atom stereocenters. The highest BCUT2D eigenvalue weighted by Crippen LogP contribution is 2.23. The van der Waals surface area contributed by atoms with Gasteiger partial charge in [0.05, 0.1) is 12.2 Å². The Labute approximate surface area is 169 Å². The monoisotopic (exact) mass is 387 g/mol. The molecule has 4 rings (SSSR count). The number of hydrogen-bond donors (Lipinski definition) is 1. The molecule has 2 fully saturated rings. The first-order valence-corrected chi connectivity index (χ1v) is 11.5. The van der Waals surface area contributed by atoms with Gasteiger partial charge in [-0.05, 0) is 70.9 Å². The summed E-state index contributed by atoms with van der Waals surface area (Å²) in [5, 5.41) is 3.09. The molecule has 0 aliphatic carbocycles. The first-order valence-electron chi connectivity index (χ1n) is 11.5. The van der Waals surface area contributed by atoms with Gasteiger partial charge in [0.1, 0.15) is 5.82 Å². The summed E-state index contributed by atoms with van der Waals surface area (Å²) in [6.07, 6.45) is 13.4. The van der Waals surface area contributed by atoms with Crippen LogP contribution in [0.5, 0.6) is 0 Å².